The van der Waals surface area contributed by atoms with Crippen LogP contribution in [0, 0.1) is 7.14 Å². The average Bonchev–Trinajstić information content (AvgIpc) is 4.03. The molecule has 364 valence electrons. The number of amides is 1. The molecule has 0 atom stereocenters. The summed E-state index contributed by atoms with van der Waals surface area (Å²) in [6, 6.07) is 34.5. The zero-order valence-electron chi connectivity index (χ0n) is 39.3. The van der Waals surface area contributed by atoms with E-state index in [-0.39, 0.29) is 41.4 Å². The SMILES string of the molecule is CC(C)(C)OC(=O)N1CCC(n2cnc(-c3ccc(I)cc3)c2-c2ccnc(Oc3ccccc3O)n2)CC1.Oc1ccccc1Oc1nccc(-c2c(-c3ccc(I)cc3)ncn2C2CCNCC2)n1. The van der Waals surface area contributed by atoms with Gasteiger partial charge in [0, 0.05) is 55.8 Å². The van der Waals surface area contributed by atoms with Crippen LogP contribution in [0.15, 0.2) is 134 Å². The van der Waals surface area contributed by atoms with E-state index in [9.17, 15) is 15.0 Å². The molecule has 2 fully saturated rings. The summed E-state index contributed by atoms with van der Waals surface area (Å²) in [6.07, 6.45) is 10.4. The molecule has 2 aliphatic rings. The fourth-order valence-corrected chi connectivity index (χ4v) is 9.21. The monoisotopic (exact) mass is 1180 g/mol. The summed E-state index contributed by atoms with van der Waals surface area (Å²) >= 11 is 4.59. The van der Waals surface area contributed by atoms with Gasteiger partial charge in [-0.25, -0.2) is 24.7 Å². The molecule has 2 aliphatic heterocycles. The Labute approximate surface area is 438 Å². The van der Waals surface area contributed by atoms with Crippen molar-refractivity contribution >= 4 is 51.3 Å². The normalized spacial score (nSPS) is 14.4. The van der Waals surface area contributed by atoms with Crippen LogP contribution >= 0.6 is 45.2 Å². The smallest absolute Gasteiger partial charge is 0.410 e. The van der Waals surface area contributed by atoms with Gasteiger partial charge in [0.25, 0.3) is 0 Å². The van der Waals surface area contributed by atoms with Crippen molar-refractivity contribution in [1.82, 2.24) is 49.3 Å². The highest BCUT2D eigenvalue weighted by Gasteiger charge is 2.30. The number of likely N-dealkylation sites (tertiary alicyclic amines) is 1. The van der Waals surface area contributed by atoms with Gasteiger partial charge in [-0.1, -0.05) is 48.5 Å². The molecule has 0 saturated carbocycles. The summed E-state index contributed by atoms with van der Waals surface area (Å²) in [6.45, 7) is 8.75. The molecule has 2 saturated heterocycles. The zero-order valence-corrected chi connectivity index (χ0v) is 43.6. The highest BCUT2D eigenvalue weighted by atomic mass is 127. The van der Waals surface area contributed by atoms with Crippen molar-refractivity contribution in [1.29, 1.82) is 0 Å². The number of aromatic hydroxyl groups is 2. The van der Waals surface area contributed by atoms with E-state index in [1.165, 1.54) is 3.57 Å². The lowest BCUT2D eigenvalue weighted by molar-refractivity contribution is 0.0189. The first kappa shape index (κ1) is 49.3. The average molecular weight is 1180 g/mol. The lowest BCUT2D eigenvalue weighted by atomic mass is 10.0. The Hall–Kier alpha value is -6.65. The van der Waals surface area contributed by atoms with E-state index in [2.05, 4.69) is 98.9 Å². The summed E-state index contributed by atoms with van der Waals surface area (Å²) < 4.78 is 23.9. The third kappa shape index (κ3) is 12.1. The van der Waals surface area contributed by atoms with Gasteiger partial charge in [0.1, 0.15) is 5.60 Å². The third-order valence-electron chi connectivity index (χ3n) is 11.9. The summed E-state index contributed by atoms with van der Waals surface area (Å²) in [5, 5.41) is 23.6. The third-order valence-corrected chi connectivity index (χ3v) is 13.4. The molecule has 71 heavy (non-hydrogen) atoms. The minimum Gasteiger partial charge on any atom is -0.504 e. The molecule has 0 radical (unpaired) electrons. The number of imidazole rings is 2. The Bertz CT molecular complexity index is 3090. The van der Waals surface area contributed by atoms with Gasteiger partial charge in [0.2, 0.25) is 0 Å². The Morgan fingerprint density at radius 2 is 1.04 bits per heavy atom. The Kier molecular flexibility index (Phi) is 15.4. The van der Waals surface area contributed by atoms with Crippen LogP contribution in [-0.2, 0) is 4.74 Å². The van der Waals surface area contributed by atoms with Crippen LogP contribution in [0.3, 0.4) is 0 Å². The molecule has 10 rings (SSSR count). The topological polar surface area (TPSA) is 188 Å². The van der Waals surface area contributed by atoms with Crippen molar-refractivity contribution < 1.29 is 29.2 Å². The van der Waals surface area contributed by atoms with Gasteiger partial charge in [-0.15, -0.1) is 0 Å². The lowest BCUT2D eigenvalue weighted by Gasteiger charge is -2.34. The van der Waals surface area contributed by atoms with Crippen LogP contribution in [0.1, 0.15) is 58.5 Å². The number of phenols is 2. The van der Waals surface area contributed by atoms with E-state index >= 15 is 0 Å². The van der Waals surface area contributed by atoms with E-state index in [4.69, 9.17) is 29.2 Å². The number of para-hydroxylation sites is 4. The van der Waals surface area contributed by atoms with Crippen LogP contribution in [-0.4, -0.2) is 92.0 Å². The number of phenolic OH excluding ortho intramolecular Hbond substituents is 2. The Morgan fingerprint density at radius 3 is 1.48 bits per heavy atom. The van der Waals surface area contributed by atoms with Crippen molar-refractivity contribution in [2.75, 3.05) is 26.2 Å². The zero-order chi connectivity index (χ0) is 49.5. The molecule has 0 bridgehead atoms. The number of halogens is 2. The molecule has 8 aromatic rings. The maximum Gasteiger partial charge on any atom is 0.410 e. The second-order valence-electron chi connectivity index (χ2n) is 18.0. The molecular formula is C53H52I2N10O6. The molecule has 3 N–H and O–H groups in total. The first-order valence-electron chi connectivity index (χ1n) is 23.3. The summed E-state index contributed by atoms with van der Waals surface area (Å²) in [7, 11) is 0. The number of hydrogen-bond donors (Lipinski definition) is 3. The molecule has 16 nitrogen and oxygen atoms in total. The van der Waals surface area contributed by atoms with Crippen LogP contribution < -0.4 is 14.8 Å². The number of carbonyl (C=O) groups excluding carboxylic acids is 1. The van der Waals surface area contributed by atoms with Gasteiger partial charge >= 0.3 is 18.1 Å². The summed E-state index contributed by atoms with van der Waals surface area (Å²) in [5.41, 5.74) is 6.33. The fraction of sp³-hybridized carbons (Fsp3) is 0.264. The van der Waals surface area contributed by atoms with Crippen LogP contribution in [0.5, 0.6) is 35.0 Å². The maximum atomic E-state index is 12.6. The number of ether oxygens (including phenoxy) is 3. The Balaban J connectivity index is 0.000000179. The number of hydrogen-bond acceptors (Lipinski definition) is 13. The fourth-order valence-electron chi connectivity index (χ4n) is 8.49. The van der Waals surface area contributed by atoms with E-state index in [1.54, 1.807) is 65.8 Å². The molecular weight excluding hydrogens is 1130 g/mol. The molecule has 4 aromatic heterocycles. The first-order chi connectivity index (χ1) is 34.4. The number of nitrogens with zero attached hydrogens (tertiary/aromatic N) is 9. The van der Waals surface area contributed by atoms with Gasteiger partial charge in [-0.05, 0) is 165 Å². The van der Waals surface area contributed by atoms with Crippen LogP contribution in [0.4, 0.5) is 4.79 Å². The van der Waals surface area contributed by atoms with Crippen molar-refractivity contribution in [3.8, 4) is 80.3 Å². The quantitative estimate of drug-likeness (QED) is 0.110. The van der Waals surface area contributed by atoms with E-state index in [0.717, 1.165) is 81.9 Å². The minimum absolute atomic E-state index is 0.00729. The number of rotatable bonds is 10. The molecule has 0 spiro atoms. The largest absolute Gasteiger partial charge is 0.504 e. The predicted molar refractivity (Wildman–Crippen MR) is 286 cm³/mol. The predicted octanol–water partition coefficient (Wildman–Crippen LogP) is 11.7. The number of piperidine rings is 2. The molecule has 0 aliphatic carbocycles. The molecule has 1 amide bonds. The maximum absolute atomic E-state index is 12.6. The highest BCUT2D eigenvalue weighted by Crippen LogP contribution is 2.39. The number of aromatic nitrogens is 8. The van der Waals surface area contributed by atoms with Gasteiger partial charge in [0.05, 0.1) is 46.8 Å². The minimum atomic E-state index is -0.531. The summed E-state index contributed by atoms with van der Waals surface area (Å²) in [5.74, 6) is 0.638. The van der Waals surface area contributed by atoms with Gasteiger partial charge in [-0.3, -0.25) is 0 Å². The molecule has 6 heterocycles. The standard InChI is InChI=1S/C29H30IN5O4.C24H22IN5O2/c1-29(2,3)39-28(37)34-16-13-21(14-17-34)35-18-32-25(19-8-10-20(30)11-9-19)26(35)22-12-15-31-27(33-22)38-24-7-5-4-6-23(24)36;25-17-7-5-16(6-8-17)22-23(30(15-28-22)18-9-12-26-13-10-18)19-11-14-27-24(29-19)32-21-4-2-1-3-20(21)31/h4-12,15,18,21,36H,13-14,16-17H2,1-3H3;1-8,11,14-15,18,26,31H,9-10,12-13H2. The Morgan fingerprint density at radius 1 is 0.606 bits per heavy atom. The second kappa shape index (κ2) is 22.2. The van der Waals surface area contributed by atoms with Gasteiger partial charge in [-0.2, -0.15) is 9.97 Å². The van der Waals surface area contributed by atoms with Crippen LogP contribution in [0.25, 0.3) is 45.3 Å². The molecule has 0 unspecified atom stereocenters. The van der Waals surface area contributed by atoms with Crippen molar-refractivity contribution in [2.24, 2.45) is 0 Å². The lowest BCUT2D eigenvalue weighted by Crippen LogP contribution is -2.42. The summed E-state index contributed by atoms with van der Waals surface area (Å²) in [4.78, 5) is 41.9. The highest BCUT2D eigenvalue weighted by molar-refractivity contribution is 14.1. The van der Waals surface area contributed by atoms with Gasteiger partial charge < -0.3 is 43.8 Å². The van der Waals surface area contributed by atoms with Crippen molar-refractivity contribution in [2.45, 2.75) is 64.1 Å². The molecule has 4 aromatic carbocycles. The number of nitrogens with one attached hydrogen (secondary N) is 1. The van der Waals surface area contributed by atoms with Crippen molar-refractivity contribution in [3.05, 3.63) is 141 Å². The molecule has 18 heteroatoms. The first-order valence-corrected chi connectivity index (χ1v) is 25.5. The van der Waals surface area contributed by atoms with Gasteiger partial charge in [0.15, 0.2) is 23.0 Å². The number of carbonyl (C=O) groups is 1. The van der Waals surface area contributed by atoms with E-state index < -0.39 is 5.60 Å². The van der Waals surface area contributed by atoms with Crippen molar-refractivity contribution in [3.63, 3.8) is 0 Å². The van der Waals surface area contributed by atoms with Crippen LogP contribution in [0.2, 0.25) is 0 Å². The van der Waals surface area contributed by atoms with E-state index in [0.29, 0.717) is 30.6 Å². The van der Waals surface area contributed by atoms with E-state index in [1.807, 2.05) is 69.8 Å². The number of benzene rings is 4. The second-order valence-corrected chi connectivity index (χ2v) is 20.5.